The molecule has 0 unspecified atom stereocenters. The lowest BCUT2D eigenvalue weighted by Gasteiger charge is -2.43. The van der Waals surface area contributed by atoms with Crippen molar-refractivity contribution in [1.82, 2.24) is 14.6 Å². The molecule has 2 aromatic rings. The molecule has 1 aromatic heterocycles. The van der Waals surface area contributed by atoms with Crippen LogP contribution in [0.15, 0.2) is 59.8 Å². The highest BCUT2D eigenvalue weighted by Crippen LogP contribution is 2.41. The molecule has 4 rings (SSSR count). The van der Waals surface area contributed by atoms with Gasteiger partial charge in [-0.2, -0.15) is 4.31 Å². The highest BCUT2D eigenvalue weighted by atomic mass is 32.2. The number of benzene rings is 1. The van der Waals surface area contributed by atoms with Crippen molar-refractivity contribution in [2.24, 2.45) is 0 Å². The Bertz CT molecular complexity index is 908. The van der Waals surface area contributed by atoms with Gasteiger partial charge in [-0.05, 0) is 49.8 Å². The topological polar surface area (TPSA) is 79.4 Å². The molecule has 2 saturated carbocycles. The van der Waals surface area contributed by atoms with E-state index in [9.17, 15) is 13.2 Å². The third kappa shape index (κ3) is 3.61. The minimum absolute atomic E-state index is 0.102. The zero-order valence-electron chi connectivity index (χ0n) is 15.0. The fourth-order valence-electron chi connectivity index (χ4n) is 3.63. The van der Waals surface area contributed by atoms with Crippen LogP contribution >= 0.6 is 0 Å². The first-order valence-electron chi connectivity index (χ1n) is 9.30. The van der Waals surface area contributed by atoms with E-state index in [4.69, 9.17) is 0 Å². The summed E-state index contributed by atoms with van der Waals surface area (Å²) in [7, 11) is -3.73. The number of carbonyl (C=O) groups excluding carboxylic acids is 1. The number of amides is 1. The molecule has 6 nitrogen and oxygen atoms in total. The normalized spacial score (nSPS) is 18.7. The second-order valence-corrected chi connectivity index (χ2v) is 9.21. The average Bonchev–Trinajstić information content (AvgIpc) is 3.49. The fourth-order valence-corrected chi connectivity index (χ4v) is 5.24. The van der Waals surface area contributed by atoms with Gasteiger partial charge in [-0.25, -0.2) is 8.42 Å². The molecular formula is C20H23N3O3S. The maximum absolute atomic E-state index is 13.0. The number of carbonyl (C=O) groups is 1. The van der Waals surface area contributed by atoms with Crippen molar-refractivity contribution in [1.29, 1.82) is 0 Å². The van der Waals surface area contributed by atoms with E-state index >= 15 is 0 Å². The molecule has 142 valence electrons. The molecule has 2 aliphatic carbocycles. The summed E-state index contributed by atoms with van der Waals surface area (Å²) >= 11 is 0. The molecule has 0 saturated heterocycles. The van der Waals surface area contributed by atoms with Crippen LogP contribution in [0.25, 0.3) is 0 Å². The van der Waals surface area contributed by atoms with E-state index in [2.05, 4.69) is 10.3 Å². The number of aromatic nitrogens is 1. The molecule has 0 bridgehead atoms. The number of pyridine rings is 1. The summed E-state index contributed by atoms with van der Waals surface area (Å²) < 4.78 is 27.3. The lowest BCUT2D eigenvalue weighted by atomic mass is 9.72. The molecule has 0 radical (unpaired) electrons. The Hall–Kier alpha value is -2.25. The molecular weight excluding hydrogens is 362 g/mol. The monoisotopic (exact) mass is 385 g/mol. The number of hydrogen-bond acceptors (Lipinski definition) is 4. The molecule has 0 atom stereocenters. The summed E-state index contributed by atoms with van der Waals surface area (Å²) in [4.78, 5) is 16.9. The van der Waals surface area contributed by atoms with Gasteiger partial charge in [0.2, 0.25) is 15.9 Å². The van der Waals surface area contributed by atoms with E-state index in [-0.39, 0.29) is 28.9 Å². The zero-order valence-corrected chi connectivity index (χ0v) is 15.9. The quantitative estimate of drug-likeness (QED) is 0.794. The van der Waals surface area contributed by atoms with Crippen LogP contribution in [0.5, 0.6) is 0 Å². The first-order valence-corrected chi connectivity index (χ1v) is 10.7. The van der Waals surface area contributed by atoms with Gasteiger partial charge in [0.05, 0.1) is 12.1 Å². The highest BCUT2D eigenvalue weighted by Gasteiger charge is 2.43. The van der Waals surface area contributed by atoms with E-state index in [0.29, 0.717) is 0 Å². The van der Waals surface area contributed by atoms with Crippen molar-refractivity contribution in [3.05, 3.63) is 60.4 Å². The summed E-state index contributed by atoms with van der Waals surface area (Å²) in [6.45, 7) is -0.156. The fraction of sp³-hybridized carbons (Fsp3) is 0.400. The molecule has 0 aliphatic heterocycles. The predicted octanol–water partition coefficient (Wildman–Crippen LogP) is 2.43. The van der Waals surface area contributed by atoms with E-state index < -0.39 is 10.0 Å². The minimum atomic E-state index is -3.73. The summed E-state index contributed by atoms with van der Waals surface area (Å²) in [6.07, 6.45) is 7.25. The number of rotatable bonds is 7. The third-order valence-electron chi connectivity index (χ3n) is 5.41. The van der Waals surface area contributed by atoms with Crippen LogP contribution in [0.4, 0.5) is 0 Å². The lowest BCUT2D eigenvalue weighted by Crippen LogP contribution is -2.54. The van der Waals surface area contributed by atoms with E-state index in [0.717, 1.165) is 37.7 Å². The smallest absolute Gasteiger partial charge is 0.245 e. The highest BCUT2D eigenvalue weighted by molar-refractivity contribution is 7.89. The molecule has 27 heavy (non-hydrogen) atoms. The number of hydrogen-bond donors (Lipinski definition) is 1. The van der Waals surface area contributed by atoms with E-state index in [1.165, 1.54) is 22.8 Å². The van der Waals surface area contributed by atoms with Crippen molar-refractivity contribution in [2.45, 2.75) is 48.6 Å². The number of nitrogens with zero attached hydrogens (tertiary/aromatic N) is 2. The van der Waals surface area contributed by atoms with Crippen LogP contribution in [0.3, 0.4) is 0 Å². The molecule has 7 heteroatoms. The van der Waals surface area contributed by atoms with Crippen LogP contribution in [0, 0.1) is 0 Å². The largest absolute Gasteiger partial charge is 0.345 e. The Morgan fingerprint density at radius 3 is 2.44 bits per heavy atom. The predicted molar refractivity (Wildman–Crippen MR) is 101 cm³/mol. The average molecular weight is 385 g/mol. The Labute approximate surface area is 159 Å². The van der Waals surface area contributed by atoms with Gasteiger partial charge >= 0.3 is 0 Å². The molecule has 2 fully saturated rings. The molecule has 1 N–H and O–H groups in total. The van der Waals surface area contributed by atoms with E-state index in [1.54, 1.807) is 6.07 Å². The first-order chi connectivity index (χ1) is 13.0. The van der Waals surface area contributed by atoms with Gasteiger partial charge < -0.3 is 5.32 Å². The zero-order chi connectivity index (χ0) is 18.9. The maximum atomic E-state index is 13.0. The summed E-state index contributed by atoms with van der Waals surface area (Å²) in [6, 6.07) is 12.9. The van der Waals surface area contributed by atoms with Crippen LogP contribution in [-0.2, 0) is 20.4 Å². The van der Waals surface area contributed by atoms with Crippen LogP contribution < -0.4 is 5.32 Å². The Kier molecular flexibility index (Phi) is 4.74. The SMILES string of the molecule is O=C(CN(C1CC1)S(=O)(=O)c1cccnc1)NC1(c2ccccc2)CCC1. The van der Waals surface area contributed by atoms with Crippen molar-refractivity contribution in [3.63, 3.8) is 0 Å². The minimum Gasteiger partial charge on any atom is -0.345 e. The summed E-state index contributed by atoms with van der Waals surface area (Å²) in [5.41, 5.74) is 0.712. The second kappa shape index (κ2) is 7.05. The van der Waals surface area contributed by atoms with Crippen LogP contribution in [0.1, 0.15) is 37.7 Å². The van der Waals surface area contributed by atoms with Gasteiger partial charge in [0.25, 0.3) is 0 Å². The van der Waals surface area contributed by atoms with Gasteiger partial charge in [0.1, 0.15) is 4.90 Å². The molecule has 1 amide bonds. The van der Waals surface area contributed by atoms with Crippen molar-refractivity contribution < 1.29 is 13.2 Å². The maximum Gasteiger partial charge on any atom is 0.245 e. The van der Waals surface area contributed by atoms with Crippen molar-refractivity contribution >= 4 is 15.9 Å². The molecule has 1 heterocycles. The standard InChI is InChI=1S/C20H23N3O3S/c24-19(22-20(11-5-12-20)16-6-2-1-3-7-16)15-23(17-9-10-17)27(25,26)18-8-4-13-21-14-18/h1-4,6-8,13-14,17H,5,9-12,15H2,(H,22,24). The van der Waals surface area contributed by atoms with Gasteiger partial charge in [-0.3, -0.25) is 9.78 Å². The lowest BCUT2D eigenvalue weighted by molar-refractivity contribution is -0.124. The van der Waals surface area contributed by atoms with Crippen molar-refractivity contribution in [3.8, 4) is 0 Å². The van der Waals surface area contributed by atoms with Gasteiger partial charge in [0.15, 0.2) is 0 Å². The Morgan fingerprint density at radius 2 is 1.89 bits per heavy atom. The molecule has 2 aliphatic rings. The van der Waals surface area contributed by atoms with Crippen LogP contribution in [0.2, 0.25) is 0 Å². The van der Waals surface area contributed by atoms with Gasteiger partial charge in [-0.15, -0.1) is 0 Å². The van der Waals surface area contributed by atoms with E-state index in [1.807, 2.05) is 30.3 Å². The summed E-state index contributed by atoms with van der Waals surface area (Å²) in [5, 5.41) is 3.12. The number of nitrogens with one attached hydrogen (secondary N) is 1. The first kappa shape index (κ1) is 18.1. The number of sulfonamides is 1. The Morgan fingerprint density at radius 1 is 1.15 bits per heavy atom. The third-order valence-corrected chi connectivity index (χ3v) is 7.29. The molecule has 1 aromatic carbocycles. The van der Waals surface area contributed by atoms with Gasteiger partial charge in [0, 0.05) is 18.4 Å². The van der Waals surface area contributed by atoms with Crippen LogP contribution in [-0.4, -0.2) is 36.2 Å². The summed E-state index contributed by atoms with van der Waals surface area (Å²) in [5.74, 6) is -0.252. The molecule has 0 spiro atoms. The van der Waals surface area contributed by atoms with Crippen molar-refractivity contribution in [2.75, 3.05) is 6.54 Å². The van der Waals surface area contributed by atoms with Gasteiger partial charge in [-0.1, -0.05) is 30.3 Å². The Balaban J connectivity index is 1.52. The second-order valence-electron chi connectivity index (χ2n) is 7.32.